The van der Waals surface area contributed by atoms with Gasteiger partial charge < -0.3 is 15.9 Å². The fourth-order valence-corrected chi connectivity index (χ4v) is 9.76. The monoisotopic (exact) mass is 1320 g/mol. The quantitative estimate of drug-likeness (QED) is 0.129. The van der Waals surface area contributed by atoms with E-state index in [-0.39, 0.29) is 66.5 Å². The number of carbonyl (C=O) groups excluding carboxylic acids is 4. The maximum Gasteiger partial charge on any atom is 0.194 e. The first-order valence-corrected chi connectivity index (χ1v) is 34.4. The highest BCUT2D eigenvalue weighted by Crippen LogP contribution is 2.31. The molecule has 8 heteroatoms. The molecule has 4 N–H and O–H groups in total. The molecule has 0 radical (unpaired) electrons. The van der Waals surface area contributed by atoms with Gasteiger partial charge in [0.05, 0.1) is 4.88 Å². The summed E-state index contributed by atoms with van der Waals surface area (Å²) in [7, 11) is 0. The number of ketones is 4. The third kappa shape index (κ3) is 32.4. The Labute approximate surface area is 587 Å². The number of rotatable bonds is 5. The van der Waals surface area contributed by atoms with E-state index >= 15 is 0 Å². The van der Waals surface area contributed by atoms with Crippen LogP contribution in [0.5, 0.6) is 0 Å². The van der Waals surface area contributed by atoms with Crippen LogP contribution in [0.15, 0.2) is 181 Å². The van der Waals surface area contributed by atoms with E-state index in [0.717, 1.165) is 33.0 Å². The van der Waals surface area contributed by atoms with Crippen LogP contribution in [0.25, 0.3) is 5.70 Å². The smallest absolute Gasteiger partial charge is 0.194 e. The largest absolute Gasteiger partial charge is 0.457 e. The van der Waals surface area contributed by atoms with Gasteiger partial charge in [-0.05, 0) is 154 Å². The predicted molar refractivity (Wildman–Crippen MR) is 418 cm³/mol. The zero-order chi connectivity index (χ0) is 74.3. The number of Topliss-reactive ketones (excluding diaryl/α,β-unsaturated/α-hetero) is 4. The summed E-state index contributed by atoms with van der Waals surface area (Å²) in [5.74, 6) is 1.70. The number of aryl methyl sites for hydroxylation is 2. The second kappa shape index (κ2) is 36.6. The van der Waals surface area contributed by atoms with Crippen molar-refractivity contribution in [3.8, 4) is 0 Å². The molecule has 8 rings (SSSR count). The van der Waals surface area contributed by atoms with Crippen molar-refractivity contribution in [1.82, 2.24) is 0 Å². The maximum atomic E-state index is 11.1. The number of hydrogen-bond acceptors (Lipinski definition) is 8. The summed E-state index contributed by atoms with van der Waals surface area (Å²) < 4.78 is 5.36. The molecule has 0 amide bonds. The first-order valence-electron chi connectivity index (χ1n) is 33.6. The van der Waals surface area contributed by atoms with Gasteiger partial charge in [0.25, 0.3) is 0 Å². The number of nitrogens with two attached hydrogens (primary N) is 2. The van der Waals surface area contributed by atoms with Crippen LogP contribution < -0.4 is 11.5 Å². The molecule has 0 aliphatic heterocycles. The van der Waals surface area contributed by atoms with E-state index in [1.54, 1.807) is 38.2 Å². The normalized spacial score (nSPS) is 11.5. The van der Waals surface area contributed by atoms with Crippen LogP contribution in [0.1, 0.15) is 296 Å². The molecule has 0 saturated carbocycles. The molecule has 0 spiro atoms. The maximum absolute atomic E-state index is 11.1. The highest BCUT2D eigenvalue weighted by molar-refractivity contribution is 7.14. The van der Waals surface area contributed by atoms with Gasteiger partial charge in [-0.2, -0.15) is 0 Å². The van der Waals surface area contributed by atoms with Crippen molar-refractivity contribution in [3.05, 3.63) is 259 Å². The minimum absolute atomic E-state index is 0.0201. The molecule has 96 heavy (non-hydrogen) atoms. The lowest BCUT2D eigenvalue weighted by atomic mass is 9.86. The molecule has 0 aliphatic carbocycles. The highest BCUT2D eigenvalue weighted by Gasteiger charge is 2.21. The first kappa shape index (κ1) is 86.3. The van der Waals surface area contributed by atoms with Crippen LogP contribution in [-0.4, -0.2) is 23.1 Å². The van der Waals surface area contributed by atoms with E-state index in [9.17, 15) is 19.2 Å². The number of thiophene rings is 1. The van der Waals surface area contributed by atoms with Gasteiger partial charge in [0.1, 0.15) is 5.76 Å². The van der Waals surface area contributed by atoms with E-state index in [2.05, 4.69) is 265 Å². The summed E-state index contributed by atoms with van der Waals surface area (Å²) in [6, 6.07) is 56.9. The van der Waals surface area contributed by atoms with Crippen molar-refractivity contribution in [3.63, 3.8) is 0 Å². The minimum Gasteiger partial charge on any atom is -0.457 e. The van der Waals surface area contributed by atoms with Crippen molar-refractivity contribution in [2.75, 3.05) is 5.73 Å². The van der Waals surface area contributed by atoms with Gasteiger partial charge in [0, 0.05) is 39.7 Å². The molecular formula is C88H124N2O5S. The van der Waals surface area contributed by atoms with E-state index in [1.807, 2.05) is 84.9 Å². The summed E-state index contributed by atoms with van der Waals surface area (Å²) in [5, 5.41) is 0. The van der Waals surface area contributed by atoms with Crippen LogP contribution in [0.3, 0.4) is 0 Å². The van der Waals surface area contributed by atoms with E-state index in [4.69, 9.17) is 15.9 Å². The molecule has 0 saturated heterocycles. The van der Waals surface area contributed by atoms with E-state index in [0.29, 0.717) is 11.5 Å². The number of hydrogen-bond donors (Lipinski definition) is 2. The van der Waals surface area contributed by atoms with E-state index in [1.165, 1.54) is 56.3 Å². The van der Waals surface area contributed by atoms with Gasteiger partial charge in [-0.15, -0.1) is 11.3 Å². The average molecular weight is 1320 g/mol. The second-order valence-electron chi connectivity index (χ2n) is 33.1. The number of anilines is 1. The SMILES string of the molecule is C=C(N)c1ccc(C(C)(C)C)cc1.CC(=O)c1ccc(C(C)(C)C)o1.CC(=O)c1ccc(C(C)(C)C)s1.CC(=O)c1cccc(C(C)(C)C)c1.CC(=O)c1cccc(C(C)(C)C)c1.CC(C)(C)c1ccccc1N.Cc1ccc(C(C)(C)C)cc1.Cc1cccc(C(C)(C)C)c1. The van der Waals surface area contributed by atoms with Crippen molar-refractivity contribution < 1.29 is 23.6 Å². The fourth-order valence-electron chi connectivity index (χ4n) is 8.80. The standard InChI is InChI=1S/C12H17N.2C12H16O.2C11H16.C10H15N.C10H14O2.C10H14OS/c1-9(13)10-5-7-11(8-6-10)12(2,3)4;2*1-9(13)10-6-5-7-11(8-10)12(2,3)4;1-9-5-7-10(8-6-9)11(2,3)4;1-9-6-5-7-10(8-9)11(2,3)4;1-10(2,3)8-6-4-5-7-9(8)11;2*1-7(11)8-5-6-9(12-8)10(2,3)4/h5-8H,1,13H2,2-4H3;2*5-8H,1-4H3;2*5-8H,1-4H3;4-7H,11H2,1-3H3;2*5-6H,1-4H3. The number of benzene rings is 6. The molecule has 2 aromatic heterocycles. The summed E-state index contributed by atoms with van der Waals surface area (Å²) in [6.07, 6.45) is 0. The summed E-state index contributed by atoms with van der Waals surface area (Å²) in [5.41, 5.74) is 27.3. The molecule has 0 atom stereocenters. The minimum atomic E-state index is -0.0227. The third-order valence-electron chi connectivity index (χ3n) is 15.3. The zero-order valence-corrected chi connectivity index (χ0v) is 65.8. The van der Waals surface area contributed by atoms with Gasteiger partial charge in [-0.25, -0.2) is 0 Å². The van der Waals surface area contributed by atoms with Gasteiger partial charge in [0.15, 0.2) is 28.9 Å². The van der Waals surface area contributed by atoms with Crippen LogP contribution in [0, 0.1) is 13.8 Å². The topological polar surface area (TPSA) is 133 Å². The number of nitrogen functional groups attached to an aromatic ring is 1. The van der Waals surface area contributed by atoms with Crippen molar-refractivity contribution >= 4 is 45.9 Å². The Morgan fingerprint density at radius 3 is 1.02 bits per heavy atom. The predicted octanol–water partition coefficient (Wildman–Crippen LogP) is 24.5. The van der Waals surface area contributed by atoms with E-state index < -0.39 is 0 Å². The summed E-state index contributed by atoms with van der Waals surface area (Å²) in [6.45, 7) is 66.2. The van der Waals surface area contributed by atoms with Crippen molar-refractivity contribution in [2.24, 2.45) is 5.73 Å². The molecule has 0 unspecified atom stereocenters. The fraction of sp³-hybridized carbons (Fsp3) is 0.432. The second-order valence-corrected chi connectivity index (χ2v) is 34.2. The molecular weight excluding hydrogens is 1200 g/mol. The molecule has 2 heterocycles. The van der Waals surface area contributed by atoms with Crippen LogP contribution in [0.2, 0.25) is 0 Å². The Kier molecular flexibility index (Phi) is 32.9. The van der Waals surface area contributed by atoms with Crippen molar-refractivity contribution in [1.29, 1.82) is 0 Å². The van der Waals surface area contributed by atoms with Gasteiger partial charge >= 0.3 is 0 Å². The molecule has 8 aromatic rings. The number of carbonyl (C=O) groups is 4. The summed E-state index contributed by atoms with van der Waals surface area (Å²) in [4.78, 5) is 46.3. The zero-order valence-electron chi connectivity index (χ0n) is 65.0. The Morgan fingerprint density at radius 2 is 0.750 bits per heavy atom. The Balaban J connectivity index is 0.000000549. The lowest BCUT2D eigenvalue weighted by Gasteiger charge is -2.20. The molecule has 0 fully saturated rings. The van der Waals surface area contributed by atoms with Crippen molar-refractivity contribution in [2.45, 2.75) is 251 Å². The molecule has 0 bridgehead atoms. The Bertz CT molecular complexity index is 3590. The third-order valence-corrected chi connectivity index (χ3v) is 17.0. The molecule has 7 nitrogen and oxygen atoms in total. The Morgan fingerprint density at radius 1 is 0.354 bits per heavy atom. The molecule has 6 aromatic carbocycles. The van der Waals surface area contributed by atoms with Gasteiger partial charge in [-0.3, -0.25) is 19.2 Å². The van der Waals surface area contributed by atoms with Crippen LogP contribution in [-0.2, 0) is 43.3 Å². The number of furan rings is 1. The average Bonchev–Trinajstić information content (AvgIpc) is 1.17. The molecule has 522 valence electrons. The Hall–Kier alpha value is -7.68. The van der Waals surface area contributed by atoms with Gasteiger partial charge in [-0.1, -0.05) is 311 Å². The molecule has 0 aliphatic rings. The summed E-state index contributed by atoms with van der Waals surface area (Å²) >= 11 is 1.60. The van der Waals surface area contributed by atoms with Gasteiger partial charge in [0.2, 0.25) is 0 Å². The number of para-hydroxylation sites is 1. The van der Waals surface area contributed by atoms with Crippen LogP contribution in [0.4, 0.5) is 5.69 Å². The lowest BCUT2D eigenvalue weighted by Crippen LogP contribution is -2.13. The highest BCUT2D eigenvalue weighted by atomic mass is 32.1. The lowest BCUT2D eigenvalue weighted by molar-refractivity contribution is 0.0980. The van der Waals surface area contributed by atoms with Crippen LogP contribution >= 0.6 is 11.3 Å². The first-order chi connectivity index (χ1) is 43.6.